The summed E-state index contributed by atoms with van der Waals surface area (Å²) in [5.41, 5.74) is 0. The predicted octanol–water partition coefficient (Wildman–Crippen LogP) is -0.494. The molecule has 74 valence electrons. The zero-order chi connectivity index (χ0) is 9.26. The van der Waals surface area contributed by atoms with Gasteiger partial charge in [0.25, 0.3) is 0 Å². The van der Waals surface area contributed by atoms with Gasteiger partial charge in [0.1, 0.15) is 6.04 Å². The van der Waals surface area contributed by atoms with E-state index in [0.29, 0.717) is 6.04 Å². The van der Waals surface area contributed by atoms with E-state index >= 15 is 0 Å². The van der Waals surface area contributed by atoms with Gasteiger partial charge in [-0.05, 0) is 0 Å². The highest BCUT2D eigenvalue weighted by atomic mass is 32.2. The van der Waals surface area contributed by atoms with Crippen molar-refractivity contribution in [2.24, 2.45) is 0 Å². The molecule has 0 aromatic rings. The Morgan fingerprint density at radius 2 is 2.54 bits per heavy atom. The van der Waals surface area contributed by atoms with Crippen molar-refractivity contribution in [1.29, 1.82) is 0 Å². The lowest BCUT2D eigenvalue weighted by molar-refractivity contribution is -0.144. The molecule has 0 aromatic heterocycles. The zero-order valence-corrected chi connectivity index (χ0v) is 8.47. The van der Waals surface area contributed by atoms with Crippen LogP contribution in [-0.2, 0) is 9.53 Å². The summed E-state index contributed by atoms with van der Waals surface area (Å²) in [5.74, 6) is 2.09. The van der Waals surface area contributed by atoms with E-state index in [4.69, 9.17) is 4.74 Å². The SMILES string of the molecule is COC(=O)C1CN2CSCC2CN1. The molecule has 2 rings (SSSR count). The van der Waals surface area contributed by atoms with Crippen molar-refractivity contribution in [3.8, 4) is 0 Å². The van der Waals surface area contributed by atoms with Crippen LogP contribution in [0.25, 0.3) is 0 Å². The van der Waals surface area contributed by atoms with Crippen molar-refractivity contribution in [3.05, 3.63) is 0 Å². The summed E-state index contributed by atoms with van der Waals surface area (Å²) in [5, 5.41) is 3.21. The Labute approximate surface area is 82.0 Å². The second kappa shape index (κ2) is 3.86. The Hall–Kier alpha value is -0.260. The number of esters is 1. The van der Waals surface area contributed by atoms with E-state index in [-0.39, 0.29) is 12.0 Å². The van der Waals surface area contributed by atoms with Crippen LogP contribution in [0.4, 0.5) is 0 Å². The number of thioether (sulfide) groups is 1. The van der Waals surface area contributed by atoms with Crippen LogP contribution in [0.15, 0.2) is 0 Å². The Morgan fingerprint density at radius 3 is 3.31 bits per heavy atom. The third-order valence-electron chi connectivity index (χ3n) is 2.59. The number of hydrogen-bond acceptors (Lipinski definition) is 5. The molecule has 0 radical (unpaired) electrons. The second-order valence-electron chi connectivity index (χ2n) is 3.41. The fourth-order valence-corrected chi connectivity index (χ4v) is 3.04. The highest BCUT2D eigenvalue weighted by Crippen LogP contribution is 2.22. The van der Waals surface area contributed by atoms with E-state index in [1.807, 2.05) is 11.8 Å². The molecule has 4 nitrogen and oxygen atoms in total. The molecule has 13 heavy (non-hydrogen) atoms. The summed E-state index contributed by atoms with van der Waals surface area (Å²) >= 11 is 1.93. The normalized spacial score (nSPS) is 34.2. The molecule has 0 saturated carbocycles. The summed E-state index contributed by atoms with van der Waals surface area (Å²) in [6.07, 6.45) is 0. The van der Waals surface area contributed by atoms with E-state index in [1.165, 1.54) is 12.9 Å². The highest BCUT2D eigenvalue weighted by molar-refractivity contribution is 7.99. The lowest BCUT2D eigenvalue weighted by Crippen LogP contribution is -2.57. The van der Waals surface area contributed by atoms with Gasteiger partial charge in [0, 0.05) is 30.8 Å². The first kappa shape index (κ1) is 9.30. The van der Waals surface area contributed by atoms with Gasteiger partial charge in [-0.1, -0.05) is 0 Å². The lowest BCUT2D eigenvalue weighted by atomic mass is 10.1. The minimum atomic E-state index is -0.143. The molecule has 1 N–H and O–H groups in total. The molecule has 2 atom stereocenters. The molecule has 2 fully saturated rings. The average molecular weight is 202 g/mol. The Balaban J connectivity index is 1.93. The fraction of sp³-hybridized carbons (Fsp3) is 0.875. The van der Waals surface area contributed by atoms with E-state index in [1.54, 1.807) is 0 Å². The highest BCUT2D eigenvalue weighted by Gasteiger charge is 2.34. The number of fused-ring (bicyclic) bond motifs is 1. The first-order valence-electron chi connectivity index (χ1n) is 4.44. The third kappa shape index (κ3) is 1.82. The number of rotatable bonds is 1. The monoisotopic (exact) mass is 202 g/mol. The van der Waals surface area contributed by atoms with Crippen molar-refractivity contribution in [1.82, 2.24) is 10.2 Å². The number of carbonyl (C=O) groups excluding carboxylic acids is 1. The first-order chi connectivity index (χ1) is 6.31. The second-order valence-corrected chi connectivity index (χ2v) is 4.41. The van der Waals surface area contributed by atoms with E-state index in [0.717, 1.165) is 19.0 Å². The molecule has 0 amide bonds. The van der Waals surface area contributed by atoms with Gasteiger partial charge in [-0.3, -0.25) is 9.69 Å². The number of nitrogens with zero attached hydrogens (tertiary/aromatic N) is 1. The van der Waals surface area contributed by atoms with E-state index in [2.05, 4.69) is 10.2 Å². The van der Waals surface area contributed by atoms with Gasteiger partial charge in [-0.15, -0.1) is 11.8 Å². The molecule has 0 spiro atoms. The molecule has 2 unspecified atom stereocenters. The Kier molecular flexibility index (Phi) is 2.76. The lowest BCUT2D eigenvalue weighted by Gasteiger charge is -2.33. The van der Waals surface area contributed by atoms with Gasteiger partial charge in [-0.25, -0.2) is 0 Å². The number of ether oxygens (including phenoxy) is 1. The van der Waals surface area contributed by atoms with Crippen LogP contribution in [-0.4, -0.2) is 54.8 Å². The average Bonchev–Trinajstić information content (AvgIpc) is 2.63. The number of methoxy groups -OCH3 is 1. The summed E-state index contributed by atoms with van der Waals surface area (Å²) in [4.78, 5) is 13.6. The standard InChI is InChI=1S/C8H14N2O2S/c1-12-8(11)7-3-10-5-13-4-6(10)2-9-7/h6-7,9H,2-5H2,1H3. The van der Waals surface area contributed by atoms with Crippen molar-refractivity contribution >= 4 is 17.7 Å². The van der Waals surface area contributed by atoms with Gasteiger partial charge >= 0.3 is 5.97 Å². The topological polar surface area (TPSA) is 41.6 Å². The molecule has 0 aromatic carbocycles. The van der Waals surface area contributed by atoms with Crippen LogP contribution < -0.4 is 5.32 Å². The van der Waals surface area contributed by atoms with Crippen LogP contribution >= 0.6 is 11.8 Å². The molecular weight excluding hydrogens is 188 g/mol. The Bertz CT molecular complexity index is 212. The number of hydrogen-bond donors (Lipinski definition) is 1. The van der Waals surface area contributed by atoms with Gasteiger partial charge < -0.3 is 10.1 Å². The summed E-state index contributed by atoms with van der Waals surface area (Å²) in [6.45, 7) is 1.71. The van der Waals surface area contributed by atoms with Crippen LogP contribution in [0.5, 0.6) is 0 Å². The minimum absolute atomic E-state index is 0.125. The molecule has 2 saturated heterocycles. The molecule has 2 heterocycles. The Morgan fingerprint density at radius 1 is 1.69 bits per heavy atom. The molecule has 5 heteroatoms. The molecule has 2 aliphatic rings. The number of carbonyl (C=O) groups is 1. The maximum absolute atomic E-state index is 11.2. The van der Waals surface area contributed by atoms with Gasteiger partial charge in [0.15, 0.2) is 0 Å². The van der Waals surface area contributed by atoms with Gasteiger partial charge in [-0.2, -0.15) is 0 Å². The summed E-state index contributed by atoms with van der Waals surface area (Å²) in [6, 6.07) is 0.492. The van der Waals surface area contributed by atoms with Gasteiger partial charge in [0.2, 0.25) is 0 Å². The number of piperazine rings is 1. The van der Waals surface area contributed by atoms with Crippen LogP contribution in [0.1, 0.15) is 0 Å². The van der Waals surface area contributed by atoms with Gasteiger partial charge in [0.05, 0.1) is 7.11 Å². The first-order valence-corrected chi connectivity index (χ1v) is 5.59. The van der Waals surface area contributed by atoms with Crippen molar-refractivity contribution < 1.29 is 9.53 Å². The van der Waals surface area contributed by atoms with Crippen molar-refractivity contribution in [3.63, 3.8) is 0 Å². The quantitative estimate of drug-likeness (QED) is 0.581. The third-order valence-corrected chi connectivity index (χ3v) is 3.72. The summed E-state index contributed by atoms with van der Waals surface area (Å²) in [7, 11) is 1.44. The van der Waals surface area contributed by atoms with Crippen LogP contribution in [0.3, 0.4) is 0 Å². The molecule has 2 aliphatic heterocycles. The van der Waals surface area contributed by atoms with Crippen LogP contribution in [0, 0.1) is 0 Å². The zero-order valence-electron chi connectivity index (χ0n) is 7.66. The largest absolute Gasteiger partial charge is 0.468 e. The fourth-order valence-electron chi connectivity index (χ4n) is 1.78. The maximum Gasteiger partial charge on any atom is 0.324 e. The maximum atomic E-state index is 11.2. The predicted molar refractivity (Wildman–Crippen MR) is 51.6 cm³/mol. The molecule has 0 aliphatic carbocycles. The van der Waals surface area contributed by atoms with Crippen molar-refractivity contribution in [2.45, 2.75) is 12.1 Å². The van der Waals surface area contributed by atoms with E-state index < -0.39 is 0 Å². The number of nitrogens with one attached hydrogen (secondary N) is 1. The van der Waals surface area contributed by atoms with Crippen molar-refractivity contribution in [2.75, 3.05) is 31.8 Å². The molecular formula is C8H14N2O2S. The van der Waals surface area contributed by atoms with E-state index in [9.17, 15) is 4.79 Å². The summed E-state index contributed by atoms with van der Waals surface area (Å²) < 4.78 is 4.70. The smallest absolute Gasteiger partial charge is 0.324 e. The minimum Gasteiger partial charge on any atom is -0.468 e. The van der Waals surface area contributed by atoms with Crippen LogP contribution in [0.2, 0.25) is 0 Å². The molecule has 0 bridgehead atoms.